The van der Waals surface area contributed by atoms with Crippen LogP contribution in [-0.2, 0) is 4.74 Å². The Morgan fingerprint density at radius 1 is 0.906 bits per heavy atom. The third-order valence-electron chi connectivity index (χ3n) is 4.37. The monoisotopic (exact) mass is 435 g/mol. The van der Waals surface area contributed by atoms with Crippen LogP contribution < -0.4 is 20.5 Å². The first-order chi connectivity index (χ1) is 15.4. The first-order valence-corrected chi connectivity index (χ1v) is 9.50. The molecule has 0 unspecified atom stereocenters. The number of carbonyl (C=O) groups is 3. The molecule has 0 atom stereocenters. The minimum absolute atomic E-state index is 0.177. The van der Waals surface area contributed by atoms with E-state index in [4.69, 9.17) is 4.74 Å². The van der Waals surface area contributed by atoms with Crippen molar-refractivity contribution in [2.24, 2.45) is 0 Å². The molecule has 0 aromatic heterocycles. The van der Waals surface area contributed by atoms with Gasteiger partial charge in [0, 0.05) is 11.3 Å². The Kier molecular flexibility index (Phi) is 6.92. The van der Waals surface area contributed by atoms with Crippen molar-refractivity contribution in [2.45, 2.75) is 6.92 Å². The second-order valence-electron chi connectivity index (χ2n) is 6.62. The molecule has 0 radical (unpaired) electrons. The first kappa shape index (κ1) is 22.2. The lowest BCUT2D eigenvalue weighted by Gasteiger charge is -2.20. The number of rotatable bonds is 5. The number of hydrogen-bond donors (Lipinski definition) is 3. The molecule has 3 amide bonds. The van der Waals surface area contributed by atoms with Gasteiger partial charge in [0.15, 0.2) is 0 Å². The molecule has 9 nitrogen and oxygen atoms in total. The van der Waals surface area contributed by atoms with Crippen molar-refractivity contribution in [1.82, 2.24) is 5.43 Å². The van der Waals surface area contributed by atoms with Crippen LogP contribution in [-0.4, -0.2) is 30.3 Å². The Hall–Kier alpha value is -4.53. The van der Waals surface area contributed by atoms with Crippen molar-refractivity contribution in [2.75, 3.05) is 17.4 Å². The van der Waals surface area contributed by atoms with Crippen molar-refractivity contribution in [3.05, 3.63) is 83.9 Å². The quantitative estimate of drug-likeness (QED) is 0.496. The molecule has 3 aromatic rings. The molecule has 0 spiro atoms. The topological polar surface area (TPSA) is 117 Å². The van der Waals surface area contributed by atoms with Gasteiger partial charge in [0.05, 0.1) is 12.8 Å². The van der Waals surface area contributed by atoms with E-state index >= 15 is 0 Å². The van der Waals surface area contributed by atoms with E-state index in [1.165, 1.54) is 12.1 Å². The lowest BCUT2D eigenvalue weighted by atomic mass is 10.1. The van der Waals surface area contributed by atoms with Crippen LogP contribution in [0.4, 0.5) is 21.0 Å². The van der Waals surface area contributed by atoms with Crippen molar-refractivity contribution < 1.29 is 29.0 Å². The maximum Gasteiger partial charge on any atom is 0.431 e. The molecule has 0 saturated heterocycles. The third kappa shape index (κ3) is 5.54. The summed E-state index contributed by atoms with van der Waals surface area (Å²) in [6, 6.07) is 20.5. The van der Waals surface area contributed by atoms with Crippen molar-refractivity contribution in [3.8, 4) is 11.5 Å². The van der Waals surface area contributed by atoms with Gasteiger partial charge in [0.25, 0.3) is 5.91 Å². The number of aryl methyl sites for hydroxylation is 1. The number of methoxy groups -OCH3 is 1. The molecule has 0 aliphatic rings. The van der Waals surface area contributed by atoms with Gasteiger partial charge in [0.1, 0.15) is 11.5 Å². The van der Waals surface area contributed by atoms with Crippen LogP contribution in [0.25, 0.3) is 0 Å². The SMILES string of the molecule is COC(=O)NN(C(=O)O)c1ccc(NC(=O)c2cccc(Oc3ccccc3)c2)c(C)c1. The number of amides is 3. The molecule has 0 aliphatic heterocycles. The van der Waals surface area contributed by atoms with Crippen LogP contribution in [0, 0.1) is 6.92 Å². The Morgan fingerprint density at radius 2 is 1.62 bits per heavy atom. The molecule has 0 bridgehead atoms. The van der Waals surface area contributed by atoms with Crippen LogP contribution in [0.1, 0.15) is 15.9 Å². The van der Waals surface area contributed by atoms with Crippen molar-refractivity contribution in [3.63, 3.8) is 0 Å². The molecule has 0 heterocycles. The molecule has 3 N–H and O–H groups in total. The molecular weight excluding hydrogens is 414 g/mol. The fourth-order valence-electron chi connectivity index (χ4n) is 2.81. The predicted octanol–water partition coefficient (Wildman–Crippen LogP) is 4.80. The number of carboxylic acid groups (broad SMARTS) is 1. The number of para-hydroxylation sites is 1. The second-order valence-corrected chi connectivity index (χ2v) is 6.62. The van der Waals surface area contributed by atoms with Gasteiger partial charge < -0.3 is 19.9 Å². The van der Waals surface area contributed by atoms with E-state index in [0.29, 0.717) is 33.3 Å². The van der Waals surface area contributed by atoms with Gasteiger partial charge in [-0.3, -0.25) is 4.79 Å². The average molecular weight is 435 g/mol. The van der Waals surface area contributed by atoms with Crippen LogP contribution in [0.2, 0.25) is 0 Å². The van der Waals surface area contributed by atoms with Gasteiger partial charge >= 0.3 is 12.2 Å². The molecule has 9 heteroatoms. The van der Waals surface area contributed by atoms with Gasteiger partial charge in [-0.15, -0.1) is 0 Å². The molecule has 3 aromatic carbocycles. The van der Waals surface area contributed by atoms with E-state index in [9.17, 15) is 19.5 Å². The second kappa shape index (κ2) is 9.98. The van der Waals surface area contributed by atoms with E-state index < -0.39 is 12.2 Å². The number of carbonyl (C=O) groups excluding carboxylic acids is 2. The Labute approximate surface area is 184 Å². The lowest BCUT2D eigenvalue weighted by molar-refractivity contribution is 0.102. The number of nitrogens with one attached hydrogen (secondary N) is 2. The molecule has 0 aliphatic carbocycles. The fourth-order valence-corrected chi connectivity index (χ4v) is 2.81. The molecule has 0 saturated carbocycles. The zero-order valence-electron chi connectivity index (χ0n) is 17.4. The molecule has 0 fully saturated rings. The number of ether oxygens (including phenoxy) is 2. The summed E-state index contributed by atoms with van der Waals surface area (Å²) >= 11 is 0. The maximum absolute atomic E-state index is 12.7. The summed E-state index contributed by atoms with van der Waals surface area (Å²) in [5.41, 5.74) is 3.73. The summed E-state index contributed by atoms with van der Waals surface area (Å²) in [6.07, 6.45) is -2.33. The smallest absolute Gasteiger partial charge is 0.431 e. The van der Waals surface area contributed by atoms with Gasteiger partial charge in [-0.25, -0.2) is 15.0 Å². The predicted molar refractivity (Wildman–Crippen MR) is 118 cm³/mol. The highest BCUT2D eigenvalue weighted by Crippen LogP contribution is 2.25. The van der Waals surface area contributed by atoms with E-state index in [1.54, 1.807) is 37.3 Å². The van der Waals surface area contributed by atoms with Crippen molar-refractivity contribution >= 4 is 29.5 Å². The summed E-state index contributed by atoms with van der Waals surface area (Å²) in [4.78, 5) is 35.6. The Balaban J connectivity index is 1.74. The van der Waals surface area contributed by atoms with Gasteiger partial charge in [0.2, 0.25) is 0 Å². The Morgan fingerprint density at radius 3 is 2.28 bits per heavy atom. The standard InChI is InChI=1S/C23H21N3O6/c1-15-13-17(26(23(29)30)25-22(28)31-2)11-12-20(15)24-21(27)16-7-6-10-19(14-16)32-18-8-4-3-5-9-18/h3-14H,1-2H3,(H,24,27)(H,25,28)(H,29,30). The summed E-state index contributed by atoms with van der Waals surface area (Å²) in [7, 11) is 1.12. The van der Waals surface area contributed by atoms with Gasteiger partial charge in [-0.2, -0.15) is 5.01 Å². The van der Waals surface area contributed by atoms with Crippen LogP contribution in [0.5, 0.6) is 11.5 Å². The minimum atomic E-state index is -1.40. The summed E-state index contributed by atoms with van der Waals surface area (Å²) in [6.45, 7) is 1.70. The largest absolute Gasteiger partial charge is 0.463 e. The molecule has 32 heavy (non-hydrogen) atoms. The van der Waals surface area contributed by atoms with E-state index in [-0.39, 0.29) is 11.6 Å². The van der Waals surface area contributed by atoms with Crippen LogP contribution in [0.3, 0.4) is 0 Å². The minimum Gasteiger partial charge on any atom is -0.463 e. The number of hydrogen-bond acceptors (Lipinski definition) is 5. The maximum atomic E-state index is 12.7. The average Bonchev–Trinajstić information content (AvgIpc) is 2.79. The fraction of sp³-hybridized carbons (Fsp3) is 0.0870. The van der Waals surface area contributed by atoms with E-state index in [0.717, 1.165) is 7.11 Å². The summed E-state index contributed by atoms with van der Waals surface area (Å²) in [5, 5.41) is 12.7. The molecule has 3 rings (SSSR count). The highest BCUT2D eigenvalue weighted by Gasteiger charge is 2.19. The number of nitrogens with zero attached hydrogens (tertiary/aromatic N) is 1. The van der Waals surface area contributed by atoms with Gasteiger partial charge in [-0.1, -0.05) is 24.3 Å². The highest BCUT2D eigenvalue weighted by atomic mass is 16.5. The van der Waals surface area contributed by atoms with Crippen LogP contribution in [0.15, 0.2) is 72.8 Å². The normalized spacial score (nSPS) is 10.1. The number of anilines is 2. The zero-order valence-corrected chi connectivity index (χ0v) is 17.4. The Bertz CT molecular complexity index is 1130. The zero-order chi connectivity index (χ0) is 23.1. The molecular formula is C23H21N3O6. The first-order valence-electron chi connectivity index (χ1n) is 9.50. The van der Waals surface area contributed by atoms with E-state index in [1.807, 2.05) is 30.3 Å². The van der Waals surface area contributed by atoms with E-state index in [2.05, 4.69) is 15.5 Å². The third-order valence-corrected chi connectivity index (χ3v) is 4.37. The highest BCUT2D eigenvalue weighted by molar-refractivity contribution is 6.05. The summed E-state index contributed by atoms with van der Waals surface area (Å²) < 4.78 is 10.2. The lowest BCUT2D eigenvalue weighted by Crippen LogP contribution is -2.45. The van der Waals surface area contributed by atoms with Crippen molar-refractivity contribution in [1.29, 1.82) is 0 Å². The number of benzene rings is 3. The molecule has 164 valence electrons. The van der Waals surface area contributed by atoms with Crippen LogP contribution >= 0.6 is 0 Å². The van der Waals surface area contributed by atoms with Gasteiger partial charge in [-0.05, 0) is 61.0 Å². The number of hydrazine groups is 1. The summed E-state index contributed by atoms with van der Waals surface area (Å²) in [5.74, 6) is 0.809.